The lowest BCUT2D eigenvalue weighted by molar-refractivity contribution is -0.147. The average molecular weight is 742 g/mol. The zero-order valence-corrected chi connectivity index (χ0v) is 32.3. The summed E-state index contributed by atoms with van der Waals surface area (Å²) in [6, 6.07) is -1.55. The molecular formula is C39H68NO10P. The highest BCUT2D eigenvalue weighted by atomic mass is 31.2. The third-order valence-electron chi connectivity index (χ3n) is 7.83. The van der Waals surface area contributed by atoms with Crippen LogP contribution in [0.15, 0.2) is 48.6 Å². The Hall–Kier alpha value is -2.56. The summed E-state index contributed by atoms with van der Waals surface area (Å²) in [5.41, 5.74) is 0. The Kier molecular flexibility index (Phi) is 32.8. The van der Waals surface area contributed by atoms with Gasteiger partial charge in [0.25, 0.3) is 0 Å². The highest BCUT2D eigenvalue weighted by Crippen LogP contribution is 2.43. The summed E-state index contributed by atoms with van der Waals surface area (Å²) < 4.78 is 26.7. The molecule has 0 aromatic carbocycles. The van der Waals surface area contributed by atoms with E-state index in [-0.39, 0.29) is 12.8 Å². The number of rotatable bonds is 35. The summed E-state index contributed by atoms with van der Waals surface area (Å²) in [6.07, 6.45) is 35.8. The fourth-order valence-electron chi connectivity index (χ4n) is 4.86. The molecule has 1 amide bonds. The van der Waals surface area contributed by atoms with Gasteiger partial charge in [0.15, 0.2) is 6.04 Å². The molecule has 0 saturated heterocycles. The number of nitrogens with one attached hydrogen (secondary N) is 1. The van der Waals surface area contributed by atoms with Crippen molar-refractivity contribution in [3.8, 4) is 0 Å². The van der Waals surface area contributed by atoms with Crippen molar-refractivity contribution >= 4 is 25.7 Å². The molecule has 4 N–H and O–H groups in total. The summed E-state index contributed by atoms with van der Waals surface area (Å²) >= 11 is 0. The molecule has 0 rings (SSSR count). The number of carboxylic acids is 1. The van der Waals surface area contributed by atoms with Crippen molar-refractivity contribution < 1.29 is 47.8 Å². The Morgan fingerprint density at radius 1 is 0.647 bits per heavy atom. The van der Waals surface area contributed by atoms with Gasteiger partial charge in [-0.1, -0.05) is 120 Å². The van der Waals surface area contributed by atoms with Gasteiger partial charge in [-0.15, -0.1) is 0 Å². The molecule has 294 valence electrons. The Morgan fingerprint density at radius 2 is 1.14 bits per heavy atom. The van der Waals surface area contributed by atoms with Gasteiger partial charge >= 0.3 is 19.8 Å². The van der Waals surface area contributed by atoms with Gasteiger partial charge in [0, 0.05) is 12.8 Å². The largest absolute Gasteiger partial charge is 0.480 e. The fraction of sp³-hybridized carbons (Fsp3) is 0.718. The quantitative estimate of drug-likeness (QED) is 0.0213. The molecule has 0 radical (unpaired) electrons. The molecule has 0 aliphatic carbocycles. The number of amides is 1. The molecule has 3 unspecified atom stereocenters. The lowest BCUT2D eigenvalue weighted by atomic mass is 10.1. The van der Waals surface area contributed by atoms with E-state index in [0.717, 1.165) is 109 Å². The maximum absolute atomic E-state index is 12.3. The van der Waals surface area contributed by atoms with Gasteiger partial charge in [-0.05, 0) is 64.2 Å². The lowest BCUT2D eigenvalue weighted by Gasteiger charge is -2.18. The van der Waals surface area contributed by atoms with E-state index in [9.17, 15) is 34.1 Å². The number of ether oxygens (including phenoxy) is 1. The second-order valence-corrected chi connectivity index (χ2v) is 14.2. The number of carboxylic acid groups (broad SMARTS) is 1. The number of phosphoric acid groups is 1. The van der Waals surface area contributed by atoms with Crippen LogP contribution in [0.2, 0.25) is 0 Å². The van der Waals surface area contributed by atoms with Gasteiger partial charge in [0.2, 0.25) is 5.91 Å². The monoisotopic (exact) mass is 741 g/mol. The van der Waals surface area contributed by atoms with Crippen molar-refractivity contribution in [2.45, 2.75) is 161 Å². The van der Waals surface area contributed by atoms with E-state index in [0.29, 0.717) is 12.8 Å². The standard InChI is InChI=1S/C39H68NO10P/c1-3-5-7-9-11-13-15-16-17-18-19-20-21-22-24-26-28-30-37(42)40-36(39(44)45)34-50-51(46,47)49-33-35(41)32-48-38(43)31-29-27-25-23-14-12-10-8-6-4-2/h5,7-8,10-11,13,16-17,35-36,41H,3-4,6,9,12,14-15,18-34H2,1-2H3,(H,40,42)(H,44,45)(H,46,47)/b7-5-,10-8-,13-11-,17-16-. The number of hydrogen-bond acceptors (Lipinski definition) is 8. The predicted octanol–water partition coefficient (Wildman–Crippen LogP) is 9.05. The minimum absolute atomic E-state index is 0.132. The minimum atomic E-state index is -4.75. The molecule has 0 saturated carbocycles. The highest BCUT2D eigenvalue weighted by molar-refractivity contribution is 7.47. The predicted molar refractivity (Wildman–Crippen MR) is 203 cm³/mol. The number of esters is 1. The highest BCUT2D eigenvalue weighted by Gasteiger charge is 2.28. The molecule has 0 aliphatic rings. The number of aliphatic hydroxyl groups is 1. The van der Waals surface area contributed by atoms with E-state index in [2.05, 4.69) is 67.8 Å². The van der Waals surface area contributed by atoms with E-state index in [1.165, 1.54) is 0 Å². The van der Waals surface area contributed by atoms with Crippen LogP contribution in [0.1, 0.15) is 149 Å². The van der Waals surface area contributed by atoms with Crippen LogP contribution in [0.3, 0.4) is 0 Å². The summed E-state index contributed by atoms with van der Waals surface area (Å²) in [4.78, 5) is 45.7. The molecule has 11 nitrogen and oxygen atoms in total. The van der Waals surface area contributed by atoms with Crippen LogP contribution in [0.25, 0.3) is 0 Å². The Balaban J connectivity index is 3.99. The molecule has 12 heteroatoms. The first-order valence-electron chi connectivity index (χ1n) is 19.2. The van der Waals surface area contributed by atoms with Gasteiger partial charge in [-0.2, -0.15) is 0 Å². The topological polar surface area (TPSA) is 169 Å². The third-order valence-corrected chi connectivity index (χ3v) is 8.78. The van der Waals surface area contributed by atoms with Crippen molar-refractivity contribution in [1.29, 1.82) is 0 Å². The van der Waals surface area contributed by atoms with Gasteiger partial charge in [-0.25, -0.2) is 9.36 Å². The first-order valence-corrected chi connectivity index (χ1v) is 20.7. The van der Waals surface area contributed by atoms with Crippen LogP contribution in [-0.2, 0) is 32.7 Å². The first-order chi connectivity index (χ1) is 24.6. The molecule has 51 heavy (non-hydrogen) atoms. The van der Waals surface area contributed by atoms with Crippen molar-refractivity contribution in [3.63, 3.8) is 0 Å². The summed E-state index contributed by atoms with van der Waals surface area (Å²) in [5.74, 6) is -2.41. The van der Waals surface area contributed by atoms with E-state index in [4.69, 9.17) is 13.8 Å². The fourth-order valence-corrected chi connectivity index (χ4v) is 5.63. The van der Waals surface area contributed by atoms with Crippen molar-refractivity contribution in [2.75, 3.05) is 19.8 Å². The minimum Gasteiger partial charge on any atom is -0.480 e. The van der Waals surface area contributed by atoms with Crippen molar-refractivity contribution in [2.24, 2.45) is 0 Å². The molecule has 0 fully saturated rings. The molecule has 0 aliphatic heterocycles. The van der Waals surface area contributed by atoms with E-state index in [1.807, 2.05) is 0 Å². The number of aliphatic hydroxyl groups excluding tert-OH is 1. The van der Waals surface area contributed by atoms with Crippen LogP contribution in [0, 0.1) is 0 Å². The van der Waals surface area contributed by atoms with Gasteiger partial charge in [0.1, 0.15) is 12.7 Å². The van der Waals surface area contributed by atoms with Crippen molar-refractivity contribution in [1.82, 2.24) is 5.32 Å². The zero-order valence-electron chi connectivity index (χ0n) is 31.4. The van der Waals surface area contributed by atoms with E-state index >= 15 is 0 Å². The summed E-state index contributed by atoms with van der Waals surface area (Å²) in [7, 11) is -4.75. The normalized spacial score (nSPS) is 14.4. The van der Waals surface area contributed by atoms with E-state index < -0.39 is 57.6 Å². The number of allylic oxidation sites excluding steroid dienone is 8. The maximum Gasteiger partial charge on any atom is 0.472 e. The van der Waals surface area contributed by atoms with Crippen LogP contribution in [0.4, 0.5) is 0 Å². The Morgan fingerprint density at radius 3 is 1.73 bits per heavy atom. The van der Waals surface area contributed by atoms with E-state index in [1.54, 1.807) is 0 Å². The average Bonchev–Trinajstić information content (AvgIpc) is 3.10. The SMILES string of the molecule is CC/C=C\C/C=C\C/C=C\CCCCCCCCCC(=O)NC(COP(=O)(O)OCC(O)COC(=O)CCCCCCC/C=C\CCC)C(=O)O. The number of phosphoric ester groups is 1. The number of carbonyl (C=O) groups is 3. The molecular weight excluding hydrogens is 673 g/mol. The van der Waals surface area contributed by atoms with Gasteiger partial charge in [-0.3, -0.25) is 18.6 Å². The number of hydrogen-bond donors (Lipinski definition) is 4. The van der Waals surface area contributed by atoms with Crippen LogP contribution in [0.5, 0.6) is 0 Å². The Labute approximate surface area is 307 Å². The van der Waals surface area contributed by atoms with Gasteiger partial charge < -0.3 is 25.2 Å². The lowest BCUT2D eigenvalue weighted by Crippen LogP contribution is -2.43. The summed E-state index contributed by atoms with van der Waals surface area (Å²) in [5, 5.41) is 21.7. The van der Waals surface area contributed by atoms with Gasteiger partial charge in [0.05, 0.1) is 13.2 Å². The molecule has 0 bridgehead atoms. The maximum atomic E-state index is 12.3. The van der Waals surface area contributed by atoms with Crippen LogP contribution in [-0.4, -0.2) is 64.9 Å². The second kappa shape index (κ2) is 34.5. The molecule has 3 atom stereocenters. The van der Waals surface area contributed by atoms with Crippen LogP contribution >= 0.6 is 7.82 Å². The smallest absolute Gasteiger partial charge is 0.472 e. The molecule has 0 aromatic rings. The third kappa shape index (κ3) is 34.3. The molecule has 0 spiro atoms. The number of carbonyl (C=O) groups excluding carboxylic acids is 2. The Bertz CT molecular complexity index is 1060. The molecule has 0 heterocycles. The first kappa shape index (κ1) is 48.4. The van der Waals surface area contributed by atoms with Crippen LogP contribution < -0.4 is 5.32 Å². The summed E-state index contributed by atoms with van der Waals surface area (Å²) in [6.45, 7) is 2.37. The van der Waals surface area contributed by atoms with Crippen molar-refractivity contribution in [3.05, 3.63) is 48.6 Å². The molecule has 0 aromatic heterocycles. The second-order valence-electron chi connectivity index (χ2n) is 12.7. The number of unbranched alkanes of at least 4 members (excludes halogenated alkanes) is 13. The number of aliphatic carboxylic acids is 1. The zero-order chi connectivity index (χ0) is 37.8.